The van der Waals surface area contributed by atoms with Gasteiger partial charge in [-0.25, -0.2) is 4.79 Å². The molecule has 2 aliphatic heterocycles. The predicted molar refractivity (Wildman–Crippen MR) is 132 cm³/mol. The van der Waals surface area contributed by atoms with E-state index in [0.29, 0.717) is 12.2 Å². The molecular formula is C28H28N2O4. The number of carbonyl (C=O) groups excluding carboxylic acids is 1. The van der Waals surface area contributed by atoms with Gasteiger partial charge in [-0.1, -0.05) is 12.1 Å². The maximum Gasteiger partial charge on any atom is 0.340 e. The summed E-state index contributed by atoms with van der Waals surface area (Å²) in [6.45, 7) is 9.99. The van der Waals surface area contributed by atoms with E-state index in [1.165, 1.54) is 0 Å². The molecule has 2 aliphatic rings. The van der Waals surface area contributed by atoms with Crippen molar-refractivity contribution in [3.8, 4) is 33.9 Å². The summed E-state index contributed by atoms with van der Waals surface area (Å²) in [5, 5.41) is 1.14. The maximum atomic E-state index is 13.5. The van der Waals surface area contributed by atoms with E-state index in [4.69, 9.17) is 14.2 Å². The number of esters is 1. The average molecular weight is 457 g/mol. The van der Waals surface area contributed by atoms with Gasteiger partial charge in [0.05, 0.1) is 17.9 Å². The number of carbonyl (C=O) groups is 1. The summed E-state index contributed by atoms with van der Waals surface area (Å²) in [5.41, 5.74) is 7.96. The Hall–Kier alpha value is -3.67. The van der Waals surface area contributed by atoms with Crippen LogP contribution in [0.25, 0.3) is 33.3 Å². The Morgan fingerprint density at radius 2 is 1.91 bits per heavy atom. The molecule has 0 radical (unpaired) electrons. The fourth-order valence-electron chi connectivity index (χ4n) is 5.57. The summed E-state index contributed by atoms with van der Waals surface area (Å²) in [6.07, 6.45) is 2.66. The van der Waals surface area contributed by atoms with Crippen molar-refractivity contribution in [3.05, 3.63) is 59.4 Å². The molecule has 6 rings (SSSR count). The number of nitrogens with zero attached hydrogens (tertiary/aromatic N) is 2. The molecule has 34 heavy (non-hydrogen) atoms. The molecule has 1 unspecified atom stereocenters. The number of aryl methyl sites for hydroxylation is 2. The zero-order chi connectivity index (χ0) is 23.6. The van der Waals surface area contributed by atoms with Crippen molar-refractivity contribution in [1.82, 2.24) is 9.13 Å². The predicted octanol–water partition coefficient (Wildman–Crippen LogP) is 5.96. The standard InChI is InChI=1S/C28H28N2O4/c1-5-29-12-11-19-20(8-7-9-22(19)29)25-16(3)30-13-10-18-14-23-24(34-17(4)33-23)15-21(18)27(30)26(25)28(31)32-6-2/h7-9,11-12,14-15,17H,5-6,10,13H2,1-4H3. The molecule has 0 saturated heterocycles. The van der Waals surface area contributed by atoms with Crippen LogP contribution in [0, 0.1) is 6.92 Å². The highest BCUT2D eigenvalue weighted by atomic mass is 16.7. The monoisotopic (exact) mass is 456 g/mol. The van der Waals surface area contributed by atoms with E-state index in [9.17, 15) is 4.79 Å². The molecule has 2 aromatic carbocycles. The van der Waals surface area contributed by atoms with E-state index in [1.54, 1.807) is 0 Å². The van der Waals surface area contributed by atoms with Crippen LogP contribution in [0.15, 0.2) is 42.6 Å². The molecule has 0 bridgehead atoms. The van der Waals surface area contributed by atoms with Crippen LogP contribution < -0.4 is 9.47 Å². The summed E-state index contributed by atoms with van der Waals surface area (Å²) in [4.78, 5) is 13.5. The molecule has 0 aliphatic carbocycles. The lowest BCUT2D eigenvalue weighted by Gasteiger charge is -2.22. The van der Waals surface area contributed by atoms with Crippen molar-refractivity contribution in [2.24, 2.45) is 0 Å². The van der Waals surface area contributed by atoms with E-state index < -0.39 is 0 Å². The van der Waals surface area contributed by atoms with E-state index in [-0.39, 0.29) is 12.3 Å². The van der Waals surface area contributed by atoms with Crippen LogP contribution in [0.5, 0.6) is 11.5 Å². The molecule has 0 spiro atoms. The van der Waals surface area contributed by atoms with Gasteiger partial charge in [-0.05, 0) is 62.6 Å². The van der Waals surface area contributed by atoms with Gasteiger partial charge in [0.1, 0.15) is 0 Å². The van der Waals surface area contributed by atoms with Gasteiger partial charge in [0.15, 0.2) is 11.5 Å². The fraction of sp³-hybridized carbons (Fsp3) is 0.321. The number of fused-ring (bicyclic) bond motifs is 5. The Labute approximate surface area is 198 Å². The van der Waals surface area contributed by atoms with Gasteiger partial charge in [0.2, 0.25) is 6.29 Å². The fourth-order valence-corrected chi connectivity index (χ4v) is 5.57. The third-order valence-corrected chi connectivity index (χ3v) is 7.04. The second kappa shape index (κ2) is 7.69. The topological polar surface area (TPSA) is 54.6 Å². The van der Waals surface area contributed by atoms with Crippen LogP contribution in [-0.2, 0) is 24.2 Å². The number of aromatic nitrogens is 2. The minimum Gasteiger partial charge on any atom is -0.462 e. The van der Waals surface area contributed by atoms with Crippen molar-refractivity contribution < 1.29 is 19.0 Å². The third-order valence-electron chi connectivity index (χ3n) is 7.04. The first-order valence-electron chi connectivity index (χ1n) is 12.0. The third kappa shape index (κ3) is 2.91. The Morgan fingerprint density at radius 3 is 2.68 bits per heavy atom. The zero-order valence-electron chi connectivity index (χ0n) is 20.0. The summed E-state index contributed by atoms with van der Waals surface area (Å²) in [7, 11) is 0. The smallest absolute Gasteiger partial charge is 0.340 e. The highest BCUT2D eigenvalue weighted by Gasteiger charge is 2.34. The van der Waals surface area contributed by atoms with Crippen LogP contribution in [-0.4, -0.2) is 28.0 Å². The van der Waals surface area contributed by atoms with Gasteiger partial charge in [-0.3, -0.25) is 0 Å². The molecule has 4 aromatic rings. The molecule has 2 aromatic heterocycles. The van der Waals surface area contributed by atoms with Gasteiger partial charge in [0, 0.05) is 53.9 Å². The van der Waals surface area contributed by atoms with Crippen molar-refractivity contribution in [2.75, 3.05) is 6.61 Å². The lowest BCUT2D eigenvalue weighted by molar-refractivity contribution is 0.0527. The van der Waals surface area contributed by atoms with Gasteiger partial charge in [-0.2, -0.15) is 0 Å². The van der Waals surface area contributed by atoms with Crippen molar-refractivity contribution in [3.63, 3.8) is 0 Å². The first-order chi connectivity index (χ1) is 16.5. The largest absolute Gasteiger partial charge is 0.462 e. The number of hydrogen-bond donors (Lipinski definition) is 0. The second-order valence-corrected chi connectivity index (χ2v) is 8.91. The van der Waals surface area contributed by atoms with Crippen LogP contribution in [0.4, 0.5) is 0 Å². The Morgan fingerprint density at radius 1 is 1.12 bits per heavy atom. The minimum atomic E-state index is -0.312. The van der Waals surface area contributed by atoms with Crippen molar-refractivity contribution >= 4 is 16.9 Å². The maximum absolute atomic E-state index is 13.5. The first-order valence-corrected chi connectivity index (χ1v) is 12.0. The van der Waals surface area contributed by atoms with Gasteiger partial charge >= 0.3 is 5.97 Å². The van der Waals surface area contributed by atoms with E-state index in [1.807, 2.05) is 19.9 Å². The van der Waals surface area contributed by atoms with Crippen molar-refractivity contribution in [1.29, 1.82) is 0 Å². The van der Waals surface area contributed by atoms with Gasteiger partial charge in [-0.15, -0.1) is 0 Å². The molecular weight excluding hydrogens is 428 g/mol. The zero-order valence-corrected chi connectivity index (χ0v) is 20.0. The van der Waals surface area contributed by atoms with Gasteiger partial charge in [0.25, 0.3) is 0 Å². The number of hydrogen-bond acceptors (Lipinski definition) is 4. The molecule has 0 N–H and O–H groups in total. The summed E-state index contributed by atoms with van der Waals surface area (Å²) < 4.78 is 21.8. The molecule has 6 nitrogen and oxygen atoms in total. The molecule has 6 heteroatoms. The number of benzene rings is 2. The molecule has 0 fully saturated rings. The summed E-state index contributed by atoms with van der Waals surface area (Å²) >= 11 is 0. The molecule has 0 amide bonds. The van der Waals surface area contributed by atoms with Crippen LogP contribution in [0.2, 0.25) is 0 Å². The molecule has 1 atom stereocenters. The average Bonchev–Trinajstić information content (AvgIpc) is 3.49. The van der Waals surface area contributed by atoms with Gasteiger partial charge < -0.3 is 23.3 Å². The van der Waals surface area contributed by atoms with Crippen LogP contribution in [0.3, 0.4) is 0 Å². The van der Waals surface area contributed by atoms with E-state index in [2.05, 4.69) is 59.5 Å². The number of ether oxygens (including phenoxy) is 3. The Kier molecular flexibility index (Phi) is 4.73. The second-order valence-electron chi connectivity index (χ2n) is 8.91. The lowest BCUT2D eigenvalue weighted by atomic mass is 9.92. The van der Waals surface area contributed by atoms with Crippen LogP contribution >= 0.6 is 0 Å². The molecule has 0 saturated carbocycles. The highest BCUT2D eigenvalue weighted by Crippen LogP contribution is 2.47. The lowest BCUT2D eigenvalue weighted by Crippen LogP contribution is -2.14. The van der Waals surface area contributed by atoms with E-state index >= 15 is 0 Å². The summed E-state index contributed by atoms with van der Waals surface area (Å²) in [6, 6.07) is 12.6. The SMILES string of the molecule is CCOC(=O)c1c(-c2cccc3c2ccn3CC)c(C)n2c1-c1cc3c(cc1CC2)OC(C)O3. The Bertz CT molecular complexity index is 1460. The summed E-state index contributed by atoms with van der Waals surface area (Å²) in [5.74, 6) is 1.20. The van der Waals surface area contributed by atoms with E-state index in [0.717, 1.165) is 75.6 Å². The quantitative estimate of drug-likeness (QED) is 0.356. The molecule has 174 valence electrons. The Balaban J connectivity index is 1.65. The number of rotatable bonds is 4. The molecule has 4 heterocycles. The highest BCUT2D eigenvalue weighted by molar-refractivity contribution is 6.09. The van der Waals surface area contributed by atoms with Crippen molar-refractivity contribution in [2.45, 2.75) is 53.5 Å². The normalized spacial score (nSPS) is 15.9. The minimum absolute atomic E-state index is 0.292. The van der Waals surface area contributed by atoms with Crippen LogP contribution in [0.1, 0.15) is 42.4 Å². The first kappa shape index (κ1) is 20.9.